The fraction of sp³-hybridized carbons (Fsp3) is 0.714. The van der Waals surface area contributed by atoms with Gasteiger partial charge in [0.15, 0.2) is 0 Å². The molecular formula is C7H13NO2. The van der Waals surface area contributed by atoms with Crippen LogP contribution in [0.25, 0.3) is 0 Å². The van der Waals surface area contributed by atoms with Crippen molar-refractivity contribution in [1.29, 1.82) is 0 Å². The first-order valence-corrected chi connectivity index (χ1v) is 3.48. The van der Waals surface area contributed by atoms with Crippen molar-refractivity contribution in [1.82, 2.24) is 4.90 Å². The molecular weight excluding hydrogens is 130 g/mol. The smallest absolute Gasteiger partial charge is 0.216 e. The van der Waals surface area contributed by atoms with E-state index in [-0.39, 0.29) is 6.04 Å². The van der Waals surface area contributed by atoms with Crippen LogP contribution in [-0.2, 0) is 9.59 Å². The van der Waals surface area contributed by atoms with E-state index in [4.69, 9.17) is 0 Å². The van der Waals surface area contributed by atoms with Crippen molar-refractivity contribution >= 4 is 12.8 Å². The fourth-order valence-corrected chi connectivity index (χ4v) is 0.907. The number of amides is 2. The Morgan fingerprint density at radius 2 is 1.60 bits per heavy atom. The number of imide groups is 1. The minimum Gasteiger partial charge on any atom is -0.285 e. The van der Waals surface area contributed by atoms with Crippen LogP contribution in [0.4, 0.5) is 0 Å². The van der Waals surface area contributed by atoms with Gasteiger partial charge in [0.25, 0.3) is 0 Å². The molecule has 0 saturated carbocycles. The molecule has 3 nitrogen and oxygen atoms in total. The van der Waals surface area contributed by atoms with Crippen molar-refractivity contribution in [3.63, 3.8) is 0 Å². The second-order valence-electron chi connectivity index (χ2n) is 2.13. The molecule has 0 aliphatic rings. The van der Waals surface area contributed by atoms with Crippen molar-refractivity contribution in [2.45, 2.75) is 32.7 Å². The van der Waals surface area contributed by atoms with Crippen molar-refractivity contribution in [3.8, 4) is 0 Å². The molecule has 0 aromatic heterocycles. The maximum absolute atomic E-state index is 10.2. The van der Waals surface area contributed by atoms with E-state index in [2.05, 4.69) is 0 Å². The van der Waals surface area contributed by atoms with E-state index >= 15 is 0 Å². The van der Waals surface area contributed by atoms with E-state index in [0.717, 1.165) is 12.8 Å². The minimum atomic E-state index is 0.0787. The molecule has 0 aliphatic carbocycles. The summed E-state index contributed by atoms with van der Waals surface area (Å²) >= 11 is 0. The van der Waals surface area contributed by atoms with E-state index in [1.165, 1.54) is 4.90 Å². The van der Waals surface area contributed by atoms with Crippen molar-refractivity contribution in [2.24, 2.45) is 0 Å². The third-order valence-corrected chi connectivity index (χ3v) is 1.61. The largest absolute Gasteiger partial charge is 0.285 e. The lowest BCUT2D eigenvalue weighted by atomic mass is 10.1. The van der Waals surface area contributed by atoms with Gasteiger partial charge in [-0.2, -0.15) is 0 Å². The van der Waals surface area contributed by atoms with Crippen molar-refractivity contribution in [2.75, 3.05) is 0 Å². The predicted octanol–water partition coefficient (Wildman–Crippen LogP) is 0.790. The molecule has 10 heavy (non-hydrogen) atoms. The first-order chi connectivity index (χ1) is 4.79. The molecule has 0 N–H and O–H groups in total. The van der Waals surface area contributed by atoms with E-state index < -0.39 is 0 Å². The Kier molecular flexibility index (Phi) is 4.54. The maximum atomic E-state index is 10.2. The molecule has 2 amide bonds. The van der Waals surface area contributed by atoms with Crippen LogP contribution in [0.5, 0.6) is 0 Å². The summed E-state index contributed by atoms with van der Waals surface area (Å²) in [5, 5.41) is 0. The number of hydrogen-bond acceptors (Lipinski definition) is 2. The molecule has 3 heteroatoms. The molecule has 58 valence electrons. The van der Waals surface area contributed by atoms with Crippen molar-refractivity contribution < 1.29 is 9.59 Å². The summed E-state index contributed by atoms with van der Waals surface area (Å²) in [6.07, 6.45) is 2.80. The van der Waals surface area contributed by atoms with Gasteiger partial charge in [0, 0.05) is 6.04 Å². The topological polar surface area (TPSA) is 37.4 Å². The second-order valence-corrected chi connectivity index (χ2v) is 2.13. The Hall–Kier alpha value is -0.860. The van der Waals surface area contributed by atoms with Gasteiger partial charge in [-0.05, 0) is 12.8 Å². The highest BCUT2D eigenvalue weighted by Crippen LogP contribution is 2.02. The normalized spacial score (nSPS) is 9.50. The molecule has 0 aromatic rings. The quantitative estimate of drug-likeness (QED) is 0.533. The summed E-state index contributed by atoms with van der Waals surface area (Å²) in [6.45, 7) is 3.91. The Morgan fingerprint density at radius 3 is 1.70 bits per heavy atom. The van der Waals surface area contributed by atoms with Crippen LogP contribution < -0.4 is 0 Å². The summed E-state index contributed by atoms with van der Waals surface area (Å²) in [7, 11) is 0. The lowest BCUT2D eigenvalue weighted by molar-refractivity contribution is -0.131. The molecule has 0 aliphatic heterocycles. The van der Waals surface area contributed by atoms with Gasteiger partial charge in [0.1, 0.15) is 0 Å². The Morgan fingerprint density at radius 1 is 1.20 bits per heavy atom. The molecule has 0 fully saturated rings. The van der Waals surface area contributed by atoms with Crippen LogP contribution in [0.15, 0.2) is 0 Å². The third-order valence-electron chi connectivity index (χ3n) is 1.61. The third kappa shape index (κ3) is 2.17. The molecule has 0 saturated heterocycles. The number of hydrogen-bond donors (Lipinski definition) is 0. The van der Waals surface area contributed by atoms with Gasteiger partial charge in [-0.15, -0.1) is 0 Å². The second kappa shape index (κ2) is 4.97. The first-order valence-electron chi connectivity index (χ1n) is 3.48. The van der Waals surface area contributed by atoms with Gasteiger partial charge >= 0.3 is 0 Å². The minimum absolute atomic E-state index is 0.0787. The zero-order valence-electron chi connectivity index (χ0n) is 6.41. The number of carbonyl (C=O) groups is 2. The molecule has 0 radical (unpaired) electrons. The zero-order valence-corrected chi connectivity index (χ0v) is 6.41. The highest BCUT2D eigenvalue weighted by molar-refractivity contribution is 5.69. The van der Waals surface area contributed by atoms with Crippen LogP contribution in [-0.4, -0.2) is 23.8 Å². The Balaban J connectivity index is 3.93. The average molecular weight is 143 g/mol. The van der Waals surface area contributed by atoms with Crippen LogP contribution in [0.2, 0.25) is 0 Å². The molecule has 0 heterocycles. The molecule has 0 rings (SSSR count). The lowest BCUT2D eigenvalue weighted by Gasteiger charge is -2.19. The highest BCUT2D eigenvalue weighted by atomic mass is 16.2. The predicted molar refractivity (Wildman–Crippen MR) is 38.3 cm³/mol. The van der Waals surface area contributed by atoms with Crippen LogP contribution in [0, 0.1) is 0 Å². The van der Waals surface area contributed by atoms with Gasteiger partial charge in [-0.1, -0.05) is 13.8 Å². The van der Waals surface area contributed by atoms with E-state index in [1.54, 1.807) is 0 Å². The molecule has 0 atom stereocenters. The average Bonchev–Trinajstić information content (AvgIpc) is 2.00. The summed E-state index contributed by atoms with van der Waals surface area (Å²) in [5.41, 5.74) is 0. The molecule has 0 unspecified atom stereocenters. The standard InChI is InChI=1S/C7H13NO2/c1-3-7(4-2)8(5-9)6-10/h5-7H,3-4H2,1-2H3. The van der Waals surface area contributed by atoms with E-state index in [9.17, 15) is 9.59 Å². The fourth-order valence-electron chi connectivity index (χ4n) is 0.907. The lowest BCUT2D eigenvalue weighted by Crippen LogP contribution is -2.31. The summed E-state index contributed by atoms with van der Waals surface area (Å²) in [4.78, 5) is 21.5. The monoisotopic (exact) mass is 143 g/mol. The highest BCUT2D eigenvalue weighted by Gasteiger charge is 2.10. The van der Waals surface area contributed by atoms with Crippen LogP contribution in [0.1, 0.15) is 26.7 Å². The Labute approximate surface area is 61.0 Å². The number of carbonyl (C=O) groups excluding carboxylic acids is 2. The Bertz CT molecular complexity index is 102. The number of nitrogens with zero attached hydrogens (tertiary/aromatic N) is 1. The van der Waals surface area contributed by atoms with Gasteiger partial charge in [0.05, 0.1) is 0 Å². The van der Waals surface area contributed by atoms with Gasteiger partial charge < -0.3 is 0 Å². The first kappa shape index (κ1) is 9.14. The van der Waals surface area contributed by atoms with Gasteiger partial charge in [-0.25, -0.2) is 0 Å². The number of rotatable bonds is 5. The van der Waals surface area contributed by atoms with Gasteiger partial charge in [0.2, 0.25) is 12.8 Å². The summed E-state index contributed by atoms with van der Waals surface area (Å²) < 4.78 is 0. The molecule has 0 spiro atoms. The summed E-state index contributed by atoms with van der Waals surface area (Å²) in [6, 6.07) is 0.0787. The zero-order chi connectivity index (χ0) is 7.98. The van der Waals surface area contributed by atoms with E-state index in [0.29, 0.717) is 12.8 Å². The van der Waals surface area contributed by atoms with Crippen LogP contribution >= 0.6 is 0 Å². The molecule has 0 bridgehead atoms. The van der Waals surface area contributed by atoms with E-state index in [1.807, 2.05) is 13.8 Å². The maximum Gasteiger partial charge on any atom is 0.216 e. The SMILES string of the molecule is CCC(CC)N(C=O)C=O. The molecule has 0 aromatic carbocycles. The van der Waals surface area contributed by atoms with Gasteiger partial charge in [-0.3, -0.25) is 14.5 Å². The van der Waals surface area contributed by atoms with Crippen molar-refractivity contribution in [3.05, 3.63) is 0 Å². The van der Waals surface area contributed by atoms with Crippen LogP contribution in [0.3, 0.4) is 0 Å². The summed E-state index contributed by atoms with van der Waals surface area (Å²) in [5.74, 6) is 0.